The lowest BCUT2D eigenvalue weighted by molar-refractivity contribution is 0.336. The van der Waals surface area contributed by atoms with Crippen LogP contribution in [0.15, 0.2) is 22.6 Å². The van der Waals surface area contributed by atoms with Gasteiger partial charge in [-0.05, 0) is 38.4 Å². The average Bonchev–Trinajstić information content (AvgIpc) is 2.82. The molecule has 96 valence electrons. The molecule has 1 aromatic heterocycles. The number of para-hydroxylation sites is 1. The van der Waals surface area contributed by atoms with Crippen molar-refractivity contribution in [2.24, 2.45) is 0 Å². The van der Waals surface area contributed by atoms with Crippen LogP contribution in [-0.4, -0.2) is 24.7 Å². The van der Waals surface area contributed by atoms with Crippen molar-refractivity contribution in [3.63, 3.8) is 0 Å². The zero-order valence-corrected chi connectivity index (χ0v) is 10.8. The summed E-state index contributed by atoms with van der Waals surface area (Å²) >= 11 is 0. The second-order valence-electron chi connectivity index (χ2n) is 4.94. The summed E-state index contributed by atoms with van der Waals surface area (Å²) in [6.45, 7) is 3.23. The van der Waals surface area contributed by atoms with Gasteiger partial charge in [-0.1, -0.05) is 6.07 Å². The molecule has 0 radical (unpaired) electrons. The molecular formula is C14H18N2O2. The third kappa shape index (κ3) is 1.97. The van der Waals surface area contributed by atoms with E-state index in [-0.39, 0.29) is 0 Å². The molecule has 1 N–H and O–H groups in total. The highest BCUT2D eigenvalue weighted by Gasteiger charge is 2.24. The average molecular weight is 246 g/mol. The van der Waals surface area contributed by atoms with Crippen molar-refractivity contribution in [1.29, 1.82) is 0 Å². The van der Waals surface area contributed by atoms with Crippen molar-refractivity contribution >= 4 is 11.1 Å². The second-order valence-corrected chi connectivity index (χ2v) is 4.94. The van der Waals surface area contributed by atoms with Gasteiger partial charge in [0, 0.05) is 12.0 Å². The van der Waals surface area contributed by atoms with Gasteiger partial charge in [0.25, 0.3) is 0 Å². The third-order valence-corrected chi connectivity index (χ3v) is 3.59. The highest BCUT2D eigenvalue weighted by atomic mass is 16.5. The van der Waals surface area contributed by atoms with Crippen LogP contribution >= 0.6 is 0 Å². The molecule has 2 atom stereocenters. The topological polar surface area (TPSA) is 47.3 Å². The van der Waals surface area contributed by atoms with Crippen LogP contribution in [0.5, 0.6) is 5.75 Å². The number of benzene rings is 1. The zero-order valence-electron chi connectivity index (χ0n) is 10.8. The number of piperidine rings is 1. The summed E-state index contributed by atoms with van der Waals surface area (Å²) in [5.74, 6) is 2.05. The Labute approximate surface area is 106 Å². The molecule has 2 aromatic rings. The lowest BCUT2D eigenvalue weighted by Gasteiger charge is -2.25. The van der Waals surface area contributed by atoms with E-state index in [9.17, 15) is 0 Å². The maximum Gasteiger partial charge on any atom is 0.198 e. The van der Waals surface area contributed by atoms with Crippen molar-refractivity contribution in [1.82, 2.24) is 10.3 Å². The molecule has 0 aliphatic carbocycles. The Balaban J connectivity index is 1.97. The summed E-state index contributed by atoms with van der Waals surface area (Å²) in [5, 5.41) is 3.44. The maximum atomic E-state index is 5.88. The van der Waals surface area contributed by atoms with Gasteiger partial charge < -0.3 is 14.5 Å². The van der Waals surface area contributed by atoms with Gasteiger partial charge in [-0.15, -0.1) is 0 Å². The van der Waals surface area contributed by atoms with E-state index in [1.54, 1.807) is 7.11 Å². The van der Waals surface area contributed by atoms with Gasteiger partial charge in [0.1, 0.15) is 5.75 Å². The minimum atomic E-state index is 0.415. The largest absolute Gasteiger partial charge is 0.494 e. The van der Waals surface area contributed by atoms with Gasteiger partial charge in [-0.25, -0.2) is 4.98 Å². The maximum absolute atomic E-state index is 5.88. The van der Waals surface area contributed by atoms with Crippen molar-refractivity contribution in [3.05, 3.63) is 24.1 Å². The van der Waals surface area contributed by atoms with E-state index in [1.165, 1.54) is 0 Å². The fourth-order valence-electron chi connectivity index (χ4n) is 2.64. The molecule has 1 saturated heterocycles. The van der Waals surface area contributed by atoms with Crippen molar-refractivity contribution in [3.8, 4) is 5.75 Å². The molecule has 1 fully saturated rings. The molecule has 0 amide bonds. The number of aromatic nitrogens is 1. The highest BCUT2D eigenvalue weighted by molar-refractivity contribution is 5.79. The smallest absolute Gasteiger partial charge is 0.198 e. The molecule has 1 aromatic carbocycles. The van der Waals surface area contributed by atoms with Gasteiger partial charge in [-0.3, -0.25) is 0 Å². The number of hydrogen-bond donors (Lipinski definition) is 1. The number of hydrogen-bond acceptors (Lipinski definition) is 4. The van der Waals surface area contributed by atoms with E-state index in [0.29, 0.717) is 12.0 Å². The van der Waals surface area contributed by atoms with E-state index >= 15 is 0 Å². The van der Waals surface area contributed by atoms with Crippen LogP contribution < -0.4 is 10.1 Å². The van der Waals surface area contributed by atoms with E-state index < -0.39 is 0 Å². The number of ether oxygens (including phenoxy) is 1. The molecule has 4 heteroatoms. The number of nitrogens with one attached hydrogen (secondary N) is 1. The van der Waals surface area contributed by atoms with Crippen LogP contribution in [-0.2, 0) is 0 Å². The molecule has 0 spiro atoms. The molecule has 2 unspecified atom stereocenters. The fourth-order valence-corrected chi connectivity index (χ4v) is 2.64. The Hall–Kier alpha value is -1.55. The summed E-state index contributed by atoms with van der Waals surface area (Å²) in [4.78, 5) is 4.62. The minimum Gasteiger partial charge on any atom is -0.494 e. The normalized spacial score (nSPS) is 24.3. The molecule has 1 aliphatic rings. The summed E-state index contributed by atoms with van der Waals surface area (Å²) in [7, 11) is 1.66. The first kappa shape index (κ1) is 11.5. The van der Waals surface area contributed by atoms with Crippen molar-refractivity contribution in [2.75, 3.05) is 13.7 Å². The SMILES string of the molecule is COc1cccc2oc(C3CCNC(C)C3)nc12. The van der Waals surface area contributed by atoms with E-state index in [2.05, 4.69) is 17.2 Å². The molecule has 0 bridgehead atoms. The van der Waals surface area contributed by atoms with Gasteiger partial charge in [-0.2, -0.15) is 0 Å². The van der Waals surface area contributed by atoms with Gasteiger partial charge in [0.05, 0.1) is 7.11 Å². The lowest BCUT2D eigenvalue weighted by Crippen LogP contribution is -2.34. The third-order valence-electron chi connectivity index (χ3n) is 3.59. The fraction of sp³-hybridized carbons (Fsp3) is 0.500. The van der Waals surface area contributed by atoms with Gasteiger partial charge in [0.15, 0.2) is 17.0 Å². The minimum absolute atomic E-state index is 0.415. The van der Waals surface area contributed by atoms with Crippen LogP contribution in [0.1, 0.15) is 31.6 Å². The highest BCUT2D eigenvalue weighted by Crippen LogP contribution is 2.32. The van der Waals surface area contributed by atoms with Crippen LogP contribution in [0.25, 0.3) is 11.1 Å². The van der Waals surface area contributed by atoms with Crippen LogP contribution in [0.4, 0.5) is 0 Å². The van der Waals surface area contributed by atoms with Crippen LogP contribution in [0, 0.1) is 0 Å². The first-order valence-corrected chi connectivity index (χ1v) is 6.44. The van der Waals surface area contributed by atoms with Crippen molar-refractivity contribution < 1.29 is 9.15 Å². The number of methoxy groups -OCH3 is 1. The Kier molecular flexibility index (Phi) is 2.96. The molecule has 2 heterocycles. The molecule has 18 heavy (non-hydrogen) atoms. The first-order valence-electron chi connectivity index (χ1n) is 6.44. The van der Waals surface area contributed by atoms with E-state index in [0.717, 1.165) is 42.1 Å². The van der Waals surface area contributed by atoms with Crippen LogP contribution in [0.2, 0.25) is 0 Å². The standard InChI is InChI=1S/C14H18N2O2/c1-9-8-10(6-7-15-9)14-16-13-11(17-2)4-3-5-12(13)18-14/h3-5,9-10,15H,6-8H2,1-2H3. The van der Waals surface area contributed by atoms with Crippen molar-refractivity contribution in [2.45, 2.75) is 31.7 Å². The van der Waals surface area contributed by atoms with E-state index in [1.807, 2.05) is 18.2 Å². The summed E-state index contributed by atoms with van der Waals surface area (Å²) in [5.41, 5.74) is 1.65. The van der Waals surface area contributed by atoms with Crippen LogP contribution in [0.3, 0.4) is 0 Å². The second kappa shape index (κ2) is 4.61. The lowest BCUT2D eigenvalue weighted by atomic mass is 9.93. The molecule has 1 aliphatic heterocycles. The Morgan fingerprint density at radius 2 is 2.33 bits per heavy atom. The number of oxazole rings is 1. The predicted molar refractivity (Wildman–Crippen MR) is 70.0 cm³/mol. The summed E-state index contributed by atoms with van der Waals surface area (Å²) in [6, 6.07) is 6.32. The van der Waals surface area contributed by atoms with Gasteiger partial charge >= 0.3 is 0 Å². The summed E-state index contributed by atoms with van der Waals surface area (Å²) < 4.78 is 11.2. The Morgan fingerprint density at radius 1 is 1.44 bits per heavy atom. The molecular weight excluding hydrogens is 228 g/mol. The monoisotopic (exact) mass is 246 g/mol. The van der Waals surface area contributed by atoms with Gasteiger partial charge in [0.2, 0.25) is 0 Å². The predicted octanol–water partition coefficient (Wildman–Crippen LogP) is 2.69. The zero-order chi connectivity index (χ0) is 12.5. The molecule has 4 nitrogen and oxygen atoms in total. The molecule has 3 rings (SSSR count). The van der Waals surface area contributed by atoms with E-state index in [4.69, 9.17) is 9.15 Å². The number of rotatable bonds is 2. The Morgan fingerprint density at radius 3 is 3.11 bits per heavy atom. The summed E-state index contributed by atoms with van der Waals surface area (Å²) in [6.07, 6.45) is 2.16. The molecule has 0 saturated carbocycles. The first-order chi connectivity index (χ1) is 8.78. The Bertz CT molecular complexity index is 550. The number of nitrogens with zero attached hydrogens (tertiary/aromatic N) is 1. The number of fused-ring (bicyclic) bond motifs is 1. The quantitative estimate of drug-likeness (QED) is 0.885.